The Labute approximate surface area is 132 Å². The molecule has 0 bridgehead atoms. The Balaban J connectivity index is 1.83. The summed E-state index contributed by atoms with van der Waals surface area (Å²) in [7, 11) is 0. The smallest absolute Gasteiger partial charge is 0.325 e. The molecule has 1 saturated heterocycles. The summed E-state index contributed by atoms with van der Waals surface area (Å²) < 4.78 is 0. The molecule has 2 N–H and O–H groups in total. The van der Waals surface area contributed by atoms with Gasteiger partial charge in [-0.3, -0.25) is 14.5 Å². The number of amides is 4. The van der Waals surface area contributed by atoms with Gasteiger partial charge in [0.25, 0.3) is 5.91 Å². The lowest BCUT2D eigenvalue weighted by atomic mass is 9.97. The maximum absolute atomic E-state index is 12.1. The number of hydrogen-bond acceptors (Lipinski definition) is 3. The normalized spacial score (nSPS) is 23.9. The summed E-state index contributed by atoms with van der Waals surface area (Å²) in [5, 5.41) is 5.63. The van der Waals surface area contributed by atoms with E-state index in [0.717, 1.165) is 37.0 Å². The van der Waals surface area contributed by atoms with Gasteiger partial charge in [-0.25, -0.2) is 4.79 Å². The minimum absolute atomic E-state index is 0.165. The van der Waals surface area contributed by atoms with Crippen LogP contribution in [0.3, 0.4) is 0 Å². The van der Waals surface area contributed by atoms with Crippen molar-refractivity contribution in [2.24, 2.45) is 0 Å². The zero-order chi connectivity index (χ0) is 15.9. The lowest BCUT2D eigenvalue weighted by Gasteiger charge is -2.22. The Morgan fingerprint density at radius 3 is 2.45 bits per heavy atom. The van der Waals surface area contributed by atoms with Gasteiger partial charge in [-0.1, -0.05) is 45.4 Å². The van der Waals surface area contributed by atoms with E-state index in [4.69, 9.17) is 0 Å². The standard InChI is InChI=1S/C16H27N3O3/c1-2-8-13-15(21)19(16(22)18-13)11-14(20)17-12-9-6-4-3-5-7-10-12/h12-13H,2-11H2,1H3,(H,17,20)(H,18,22). The summed E-state index contributed by atoms with van der Waals surface area (Å²) in [5.41, 5.74) is 0. The molecule has 1 aliphatic heterocycles. The van der Waals surface area contributed by atoms with Crippen molar-refractivity contribution >= 4 is 17.8 Å². The molecule has 124 valence electrons. The zero-order valence-electron chi connectivity index (χ0n) is 13.4. The lowest BCUT2D eigenvalue weighted by Crippen LogP contribution is -2.44. The highest BCUT2D eigenvalue weighted by Crippen LogP contribution is 2.17. The van der Waals surface area contributed by atoms with Crippen molar-refractivity contribution in [3.63, 3.8) is 0 Å². The Kier molecular flexibility index (Phi) is 6.21. The van der Waals surface area contributed by atoms with Gasteiger partial charge in [0.2, 0.25) is 5.91 Å². The van der Waals surface area contributed by atoms with E-state index in [2.05, 4.69) is 10.6 Å². The number of carbonyl (C=O) groups is 3. The highest BCUT2D eigenvalue weighted by atomic mass is 16.2. The maximum Gasteiger partial charge on any atom is 0.325 e. The SMILES string of the molecule is CCCC1NC(=O)N(CC(=O)NC2CCCCCCC2)C1=O. The molecule has 1 atom stereocenters. The fourth-order valence-electron chi connectivity index (χ4n) is 3.23. The van der Waals surface area contributed by atoms with Crippen LogP contribution in [0, 0.1) is 0 Å². The van der Waals surface area contributed by atoms with Gasteiger partial charge in [-0.05, 0) is 19.3 Å². The van der Waals surface area contributed by atoms with E-state index < -0.39 is 12.1 Å². The minimum Gasteiger partial charge on any atom is -0.352 e. The largest absolute Gasteiger partial charge is 0.352 e. The van der Waals surface area contributed by atoms with Crippen LogP contribution in [0.2, 0.25) is 0 Å². The maximum atomic E-state index is 12.1. The first kappa shape index (κ1) is 16.8. The fourth-order valence-corrected chi connectivity index (χ4v) is 3.23. The van der Waals surface area contributed by atoms with Gasteiger partial charge >= 0.3 is 6.03 Å². The number of nitrogens with one attached hydrogen (secondary N) is 2. The van der Waals surface area contributed by atoms with Gasteiger partial charge in [0.15, 0.2) is 0 Å². The number of imide groups is 1. The van der Waals surface area contributed by atoms with E-state index >= 15 is 0 Å². The van der Waals surface area contributed by atoms with Crippen LogP contribution in [0.4, 0.5) is 4.79 Å². The zero-order valence-corrected chi connectivity index (χ0v) is 13.4. The first-order valence-electron chi connectivity index (χ1n) is 8.53. The molecule has 0 aromatic rings. The quantitative estimate of drug-likeness (QED) is 0.762. The van der Waals surface area contributed by atoms with Crippen LogP contribution in [0.1, 0.15) is 64.7 Å². The van der Waals surface area contributed by atoms with Crippen LogP contribution < -0.4 is 10.6 Å². The minimum atomic E-state index is -0.466. The number of carbonyl (C=O) groups excluding carboxylic acids is 3. The predicted molar refractivity (Wildman–Crippen MR) is 83.2 cm³/mol. The molecule has 1 heterocycles. The average Bonchev–Trinajstić information content (AvgIpc) is 2.70. The molecule has 2 fully saturated rings. The molecule has 1 unspecified atom stereocenters. The molecule has 0 radical (unpaired) electrons. The second-order valence-electron chi connectivity index (χ2n) is 6.32. The van der Waals surface area contributed by atoms with Crippen LogP contribution in [0.15, 0.2) is 0 Å². The fraction of sp³-hybridized carbons (Fsp3) is 0.812. The van der Waals surface area contributed by atoms with Crippen LogP contribution in [0.5, 0.6) is 0 Å². The van der Waals surface area contributed by atoms with Crippen LogP contribution in [-0.4, -0.2) is 41.4 Å². The van der Waals surface area contributed by atoms with Crippen molar-refractivity contribution in [2.75, 3.05) is 6.54 Å². The molecular formula is C16H27N3O3. The lowest BCUT2D eigenvalue weighted by molar-refractivity contribution is -0.132. The number of urea groups is 1. The van der Waals surface area contributed by atoms with Crippen molar-refractivity contribution in [1.82, 2.24) is 15.5 Å². The molecule has 1 aliphatic carbocycles. The topological polar surface area (TPSA) is 78.5 Å². The molecule has 2 aliphatic rings. The second kappa shape index (κ2) is 8.15. The van der Waals surface area contributed by atoms with Gasteiger partial charge in [0.05, 0.1) is 0 Å². The van der Waals surface area contributed by atoms with E-state index in [1.807, 2.05) is 6.92 Å². The van der Waals surface area contributed by atoms with Crippen LogP contribution in [-0.2, 0) is 9.59 Å². The van der Waals surface area contributed by atoms with Gasteiger partial charge < -0.3 is 10.6 Å². The third kappa shape index (κ3) is 4.45. The Bertz CT molecular complexity index is 417. The molecule has 6 heteroatoms. The van der Waals surface area contributed by atoms with Crippen molar-refractivity contribution in [3.8, 4) is 0 Å². The summed E-state index contributed by atoms with van der Waals surface area (Å²) in [6, 6.07) is -0.733. The molecule has 0 aromatic heterocycles. The average molecular weight is 309 g/mol. The van der Waals surface area contributed by atoms with Crippen molar-refractivity contribution in [2.45, 2.75) is 76.8 Å². The van der Waals surface area contributed by atoms with E-state index in [9.17, 15) is 14.4 Å². The second-order valence-corrected chi connectivity index (χ2v) is 6.32. The number of nitrogens with zero attached hydrogens (tertiary/aromatic N) is 1. The predicted octanol–water partition coefficient (Wildman–Crippen LogP) is 1.94. The highest BCUT2D eigenvalue weighted by Gasteiger charge is 2.38. The third-order valence-corrected chi connectivity index (χ3v) is 4.46. The van der Waals surface area contributed by atoms with E-state index in [0.29, 0.717) is 6.42 Å². The van der Waals surface area contributed by atoms with Crippen LogP contribution >= 0.6 is 0 Å². The van der Waals surface area contributed by atoms with Crippen LogP contribution in [0.25, 0.3) is 0 Å². The van der Waals surface area contributed by atoms with Gasteiger partial charge in [-0.2, -0.15) is 0 Å². The summed E-state index contributed by atoms with van der Waals surface area (Å²) >= 11 is 0. The number of rotatable bonds is 5. The Hall–Kier alpha value is -1.59. The summed E-state index contributed by atoms with van der Waals surface area (Å²) in [4.78, 5) is 37.1. The molecule has 0 aromatic carbocycles. The molecule has 0 spiro atoms. The molecule has 4 amide bonds. The third-order valence-electron chi connectivity index (χ3n) is 4.46. The first-order chi connectivity index (χ1) is 10.6. The summed E-state index contributed by atoms with van der Waals surface area (Å²) in [5.74, 6) is -0.508. The van der Waals surface area contributed by atoms with Crippen molar-refractivity contribution in [3.05, 3.63) is 0 Å². The van der Waals surface area contributed by atoms with Crippen molar-refractivity contribution in [1.29, 1.82) is 0 Å². The monoisotopic (exact) mass is 309 g/mol. The van der Waals surface area contributed by atoms with Crippen molar-refractivity contribution < 1.29 is 14.4 Å². The molecule has 6 nitrogen and oxygen atoms in total. The summed E-state index contributed by atoms with van der Waals surface area (Å²) in [6.45, 7) is 1.80. The Morgan fingerprint density at radius 1 is 1.18 bits per heavy atom. The van der Waals surface area contributed by atoms with Gasteiger partial charge in [0, 0.05) is 6.04 Å². The van der Waals surface area contributed by atoms with E-state index in [1.54, 1.807) is 0 Å². The molecule has 22 heavy (non-hydrogen) atoms. The number of hydrogen-bond donors (Lipinski definition) is 2. The molecule has 1 saturated carbocycles. The Morgan fingerprint density at radius 2 is 1.82 bits per heavy atom. The first-order valence-corrected chi connectivity index (χ1v) is 8.53. The molecule has 2 rings (SSSR count). The highest BCUT2D eigenvalue weighted by molar-refractivity contribution is 6.06. The van der Waals surface area contributed by atoms with Gasteiger partial charge in [0.1, 0.15) is 12.6 Å². The summed E-state index contributed by atoms with van der Waals surface area (Å²) in [6.07, 6.45) is 9.40. The van der Waals surface area contributed by atoms with E-state index in [1.165, 1.54) is 19.3 Å². The van der Waals surface area contributed by atoms with E-state index in [-0.39, 0.29) is 24.4 Å². The van der Waals surface area contributed by atoms with Gasteiger partial charge in [-0.15, -0.1) is 0 Å². The molecular weight excluding hydrogens is 282 g/mol.